The lowest BCUT2D eigenvalue weighted by Gasteiger charge is -1.97. The number of benzene rings is 1. The van der Waals surface area contributed by atoms with Crippen LogP contribution in [-0.4, -0.2) is 11.4 Å². The van der Waals surface area contributed by atoms with Crippen molar-refractivity contribution in [3.05, 3.63) is 23.2 Å². The SMILES string of the molecule is CSc1cc(O)cc(Cl)c1. The highest BCUT2D eigenvalue weighted by Gasteiger charge is 1.95. The second-order valence-electron chi connectivity index (χ2n) is 1.85. The quantitative estimate of drug-likeness (QED) is 0.661. The van der Waals surface area contributed by atoms with E-state index in [0.717, 1.165) is 4.90 Å². The molecule has 0 aliphatic rings. The van der Waals surface area contributed by atoms with Gasteiger partial charge in [0.1, 0.15) is 5.75 Å². The number of hydrogen-bond donors (Lipinski definition) is 1. The number of halogens is 1. The molecule has 1 N–H and O–H groups in total. The summed E-state index contributed by atoms with van der Waals surface area (Å²) in [6, 6.07) is 5.00. The molecule has 0 heterocycles. The molecule has 0 aromatic heterocycles. The molecule has 0 unspecified atom stereocenters. The van der Waals surface area contributed by atoms with Gasteiger partial charge in [-0.05, 0) is 24.5 Å². The van der Waals surface area contributed by atoms with Gasteiger partial charge in [-0.15, -0.1) is 11.8 Å². The van der Waals surface area contributed by atoms with Gasteiger partial charge in [0.25, 0.3) is 0 Å². The zero-order valence-electron chi connectivity index (χ0n) is 5.47. The van der Waals surface area contributed by atoms with E-state index in [1.807, 2.05) is 12.3 Å². The Balaban J connectivity index is 3.06. The number of rotatable bonds is 1. The Hall–Kier alpha value is -0.340. The number of aromatic hydroxyl groups is 1. The van der Waals surface area contributed by atoms with Crippen LogP contribution in [-0.2, 0) is 0 Å². The van der Waals surface area contributed by atoms with Crippen molar-refractivity contribution in [2.75, 3.05) is 6.26 Å². The molecule has 0 amide bonds. The zero-order valence-corrected chi connectivity index (χ0v) is 7.04. The van der Waals surface area contributed by atoms with Gasteiger partial charge >= 0.3 is 0 Å². The summed E-state index contributed by atoms with van der Waals surface area (Å²) < 4.78 is 0. The Bertz CT molecular complexity index is 217. The highest BCUT2D eigenvalue weighted by molar-refractivity contribution is 7.98. The van der Waals surface area contributed by atoms with Crippen LogP contribution in [0.25, 0.3) is 0 Å². The van der Waals surface area contributed by atoms with Crippen LogP contribution in [0.2, 0.25) is 5.02 Å². The monoisotopic (exact) mass is 174 g/mol. The van der Waals surface area contributed by atoms with E-state index in [-0.39, 0.29) is 5.75 Å². The summed E-state index contributed by atoms with van der Waals surface area (Å²) in [5.41, 5.74) is 0. The first-order valence-electron chi connectivity index (χ1n) is 2.76. The minimum atomic E-state index is 0.219. The van der Waals surface area contributed by atoms with Crippen molar-refractivity contribution >= 4 is 23.4 Å². The largest absolute Gasteiger partial charge is 0.508 e. The van der Waals surface area contributed by atoms with Crippen molar-refractivity contribution in [1.29, 1.82) is 0 Å². The predicted octanol–water partition coefficient (Wildman–Crippen LogP) is 2.77. The molecule has 0 aliphatic carbocycles. The van der Waals surface area contributed by atoms with Gasteiger partial charge in [0, 0.05) is 9.92 Å². The standard InChI is InChI=1S/C7H7ClOS/c1-10-7-3-5(8)2-6(9)4-7/h2-4,9H,1H3. The van der Waals surface area contributed by atoms with Gasteiger partial charge in [-0.1, -0.05) is 11.6 Å². The van der Waals surface area contributed by atoms with Crippen LogP contribution in [0, 0.1) is 0 Å². The van der Waals surface area contributed by atoms with Crippen molar-refractivity contribution in [1.82, 2.24) is 0 Å². The topological polar surface area (TPSA) is 20.2 Å². The Kier molecular flexibility index (Phi) is 2.46. The molecule has 0 radical (unpaired) electrons. The lowest BCUT2D eigenvalue weighted by molar-refractivity contribution is 0.474. The van der Waals surface area contributed by atoms with Crippen LogP contribution in [0.3, 0.4) is 0 Å². The Morgan fingerprint density at radius 1 is 1.40 bits per heavy atom. The molecule has 54 valence electrons. The van der Waals surface area contributed by atoms with E-state index in [9.17, 15) is 0 Å². The molecule has 0 bridgehead atoms. The van der Waals surface area contributed by atoms with Gasteiger partial charge in [-0.2, -0.15) is 0 Å². The Morgan fingerprint density at radius 2 is 2.10 bits per heavy atom. The zero-order chi connectivity index (χ0) is 7.56. The molecule has 1 rings (SSSR count). The molecular weight excluding hydrogens is 168 g/mol. The molecule has 0 saturated heterocycles. The molecule has 0 aliphatic heterocycles. The smallest absolute Gasteiger partial charge is 0.118 e. The van der Waals surface area contributed by atoms with Crippen LogP contribution in [0.15, 0.2) is 23.1 Å². The Labute approximate surface area is 69.0 Å². The van der Waals surface area contributed by atoms with E-state index in [2.05, 4.69) is 0 Å². The number of thioether (sulfide) groups is 1. The molecule has 10 heavy (non-hydrogen) atoms. The molecule has 1 aromatic carbocycles. The molecule has 0 spiro atoms. The van der Waals surface area contributed by atoms with Crippen LogP contribution < -0.4 is 0 Å². The van der Waals surface area contributed by atoms with Gasteiger partial charge in [-0.3, -0.25) is 0 Å². The third kappa shape index (κ3) is 1.82. The summed E-state index contributed by atoms with van der Waals surface area (Å²) in [6.07, 6.45) is 1.94. The van der Waals surface area contributed by atoms with Crippen molar-refractivity contribution in [3.63, 3.8) is 0 Å². The second kappa shape index (κ2) is 3.17. The third-order valence-electron chi connectivity index (χ3n) is 1.09. The third-order valence-corrected chi connectivity index (χ3v) is 2.02. The van der Waals surface area contributed by atoms with E-state index in [1.54, 1.807) is 17.8 Å². The minimum absolute atomic E-state index is 0.219. The molecule has 0 atom stereocenters. The lowest BCUT2D eigenvalue weighted by Crippen LogP contribution is -1.70. The average molecular weight is 175 g/mol. The molecule has 1 nitrogen and oxygen atoms in total. The normalized spacial score (nSPS) is 9.80. The second-order valence-corrected chi connectivity index (χ2v) is 3.17. The maximum atomic E-state index is 9.03. The van der Waals surface area contributed by atoms with Gasteiger partial charge in [0.15, 0.2) is 0 Å². The van der Waals surface area contributed by atoms with E-state index < -0.39 is 0 Å². The molecule has 0 fully saturated rings. The van der Waals surface area contributed by atoms with Gasteiger partial charge in [-0.25, -0.2) is 0 Å². The fourth-order valence-electron chi connectivity index (χ4n) is 0.666. The number of phenols is 1. The highest BCUT2D eigenvalue weighted by Crippen LogP contribution is 2.25. The number of phenolic OH excluding ortho intramolecular Hbond substituents is 1. The maximum absolute atomic E-state index is 9.03. The van der Waals surface area contributed by atoms with E-state index >= 15 is 0 Å². The van der Waals surface area contributed by atoms with E-state index in [1.165, 1.54) is 6.07 Å². The first kappa shape index (κ1) is 7.76. The van der Waals surface area contributed by atoms with Crippen molar-refractivity contribution < 1.29 is 5.11 Å². The summed E-state index contributed by atoms with van der Waals surface area (Å²) in [4.78, 5) is 0.977. The molecule has 1 aromatic rings. The molecule has 0 saturated carbocycles. The first-order chi connectivity index (χ1) is 4.72. The van der Waals surface area contributed by atoms with Crippen LogP contribution in [0.5, 0.6) is 5.75 Å². The van der Waals surface area contributed by atoms with Gasteiger partial charge in [0.05, 0.1) is 0 Å². The van der Waals surface area contributed by atoms with Gasteiger partial charge in [0.2, 0.25) is 0 Å². The lowest BCUT2D eigenvalue weighted by atomic mass is 10.3. The minimum Gasteiger partial charge on any atom is -0.508 e. The fraction of sp³-hybridized carbons (Fsp3) is 0.143. The molecular formula is C7H7ClOS. The summed E-state index contributed by atoms with van der Waals surface area (Å²) in [5, 5.41) is 9.60. The highest BCUT2D eigenvalue weighted by atomic mass is 35.5. The summed E-state index contributed by atoms with van der Waals surface area (Å²) in [7, 11) is 0. The van der Waals surface area contributed by atoms with E-state index in [4.69, 9.17) is 16.7 Å². The van der Waals surface area contributed by atoms with Crippen molar-refractivity contribution in [3.8, 4) is 5.75 Å². The summed E-state index contributed by atoms with van der Waals surface area (Å²) in [6.45, 7) is 0. The molecule has 3 heteroatoms. The van der Waals surface area contributed by atoms with Crippen molar-refractivity contribution in [2.45, 2.75) is 4.90 Å². The predicted molar refractivity (Wildman–Crippen MR) is 44.9 cm³/mol. The fourth-order valence-corrected chi connectivity index (χ4v) is 1.44. The van der Waals surface area contributed by atoms with E-state index in [0.29, 0.717) is 5.02 Å². The van der Waals surface area contributed by atoms with Crippen LogP contribution in [0.1, 0.15) is 0 Å². The van der Waals surface area contributed by atoms with Crippen LogP contribution >= 0.6 is 23.4 Å². The van der Waals surface area contributed by atoms with Crippen LogP contribution in [0.4, 0.5) is 0 Å². The Morgan fingerprint density at radius 3 is 2.60 bits per heavy atom. The number of hydrogen-bond acceptors (Lipinski definition) is 2. The first-order valence-corrected chi connectivity index (χ1v) is 4.36. The maximum Gasteiger partial charge on any atom is 0.118 e. The average Bonchev–Trinajstić information content (AvgIpc) is 1.85. The summed E-state index contributed by atoms with van der Waals surface area (Å²) >= 11 is 7.21. The summed E-state index contributed by atoms with van der Waals surface area (Å²) in [5.74, 6) is 0.219. The van der Waals surface area contributed by atoms with Gasteiger partial charge < -0.3 is 5.11 Å². The van der Waals surface area contributed by atoms with Crippen molar-refractivity contribution in [2.24, 2.45) is 0 Å².